The lowest BCUT2D eigenvalue weighted by Gasteiger charge is -2.07. The highest BCUT2D eigenvalue weighted by Crippen LogP contribution is 2.43. The van der Waals surface area contributed by atoms with Crippen LogP contribution < -0.4 is 0 Å². The third-order valence-electron chi connectivity index (χ3n) is 3.16. The average Bonchev–Trinajstić information content (AvgIpc) is 2.65. The van der Waals surface area contributed by atoms with Gasteiger partial charge >= 0.3 is 0 Å². The Hall–Kier alpha value is -0.980. The third kappa shape index (κ3) is 1.30. The van der Waals surface area contributed by atoms with Gasteiger partial charge in [0.15, 0.2) is 0 Å². The maximum absolute atomic E-state index is 6.30. The molecule has 0 spiro atoms. The Kier molecular flexibility index (Phi) is 2.24. The number of fused-ring (bicyclic) bond motifs is 3. The van der Waals surface area contributed by atoms with Crippen molar-refractivity contribution in [3.8, 4) is 11.1 Å². The molecule has 0 radical (unpaired) electrons. The van der Waals surface area contributed by atoms with Crippen molar-refractivity contribution in [3.63, 3.8) is 0 Å². The fourth-order valence-corrected chi connectivity index (χ4v) is 2.82. The highest BCUT2D eigenvalue weighted by molar-refractivity contribution is 6.43. The van der Waals surface area contributed by atoms with Crippen LogP contribution in [0.2, 0.25) is 10.0 Å². The van der Waals surface area contributed by atoms with Crippen LogP contribution in [0.15, 0.2) is 30.3 Å². The topological polar surface area (TPSA) is 0 Å². The van der Waals surface area contributed by atoms with E-state index in [1.54, 1.807) is 0 Å². The Morgan fingerprint density at radius 2 is 1.75 bits per heavy atom. The largest absolute Gasteiger partial charge is 0.0824 e. The van der Waals surface area contributed by atoms with E-state index in [0.717, 1.165) is 12.0 Å². The van der Waals surface area contributed by atoms with Gasteiger partial charge < -0.3 is 0 Å². The lowest BCUT2D eigenvalue weighted by molar-refractivity contribution is 1.26. The zero-order chi connectivity index (χ0) is 11.3. The number of hydrogen-bond donors (Lipinski definition) is 0. The maximum atomic E-state index is 6.30. The number of hydrogen-bond acceptors (Lipinski definition) is 0. The van der Waals surface area contributed by atoms with E-state index in [2.05, 4.69) is 30.3 Å². The number of aryl methyl sites for hydroxylation is 1. The van der Waals surface area contributed by atoms with E-state index >= 15 is 0 Å². The van der Waals surface area contributed by atoms with Gasteiger partial charge in [0.1, 0.15) is 0 Å². The molecule has 1 aliphatic carbocycles. The van der Waals surface area contributed by atoms with Crippen LogP contribution in [0.1, 0.15) is 16.7 Å². The number of rotatable bonds is 0. The molecule has 2 aromatic rings. The lowest BCUT2D eigenvalue weighted by atomic mass is 10.0. The molecule has 0 saturated carbocycles. The summed E-state index contributed by atoms with van der Waals surface area (Å²) in [4.78, 5) is 0. The van der Waals surface area contributed by atoms with E-state index in [1.165, 1.54) is 22.3 Å². The first kappa shape index (κ1) is 10.2. The van der Waals surface area contributed by atoms with Gasteiger partial charge in [-0.1, -0.05) is 47.5 Å². The molecule has 0 N–H and O–H groups in total. The molecular weight excluding hydrogens is 239 g/mol. The average molecular weight is 249 g/mol. The summed E-state index contributed by atoms with van der Waals surface area (Å²) in [6, 6.07) is 10.5. The summed E-state index contributed by atoms with van der Waals surface area (Å²) in [5.41, 5.74) is 6.07. The predicted molar refractivity (Wildman–Crippen MR) is 69.4 cm³/mol. The molecule has 3 rings (SSSR count). The molecular formula is C14H10Cl2. The standard InChI is InChI=1S/C14H10Cl2/c1-8-6-11-10-5-3-2-4-9(10)7-12(11)14(16)13(8)15/h2-6H,7H2,1H3. The first-order valence-corrected chi connectivity index (χ1v) is 6.00. The Morgan fingerprint density at radius 1 is 1.00 bits per heavy atom. The normalized spacial score (nSPS) is 12.4. The van der Waals surface area contributed by atoms with E-state index < -0.39 is 0 Å². The summed E-state index contributed by atoms with van der Waals surface area (Å²) in [6.45, 7) is 2.00. The highest BCUT2D eigenvalue weighted by atomic mass is 35.5. The van der Waals surface area contributed by atoms with Crippen LogP contribution in [0.25, 0.3) is 11.1 Å². The van der Waals surface area contributed by atoms with Crippen molar-refractivity contribution in [3.05, 3.63) is 57.1 Å². The lowest BCUT2D eigenvalue weighted by Crippen LogP contribution is -1.86. The van der Waals surface area contributed by atoms with Crippen molar-refractivity contribution in [2.75, 3.05) is 0 Å². The Morgan fingerprint density at radius 3 is 2.56 bits per heavy atom. The quantitative estimate of drug-likeness (QED) is 0.533. The second kappa shape index (κ2) is 3.51. The van der Waals surface area contributed by atoms with Gasteiger partial charge in [0, 0.05) is 6.42 Å². The van der Waals surface area contributed by atoms with Crippen LogP contribution >= 0.6 is 23.2 Å². The molecule has 0 unspecified atom stereocenters. The Bertz CT molecular complexity index is 586. The zero-order valence-corrected chi connectivity index (χ0v) is 10.4. The third-order valence-corrected chi connectivity index (χ3v) is 4.17. The second-order valence-corrected chi connectivity index (χ2v) is 4.94. The van der Waals surface area contributed by atoms with Crippen LogP contribution in [0.5, 0.6) is 0 Å². The van der Waals surface area contributed by atoms with E-state index in [1.807, 2.05) is 6.92 Å². The van der Waals surface area contributed by atoms with Crippen molar-refractivity contribution >= 4 is 23.2 Å². The molecule has 1 aliphatic rings. The van der Waals surface area contributed by atoms with E-state index in [0.29, 0.717) is 10.0 Å². The summed E-state index contributed by atoms with van der Waals surface area (Å²) in [7, 11) is 0. The first-order chi connectivity index (χ1) is 7.68. The van der Waals surface area contributed by atoms with Gasteiger partial charge in [0.2, 0.25) is 0 Å². The van der Waals surface area contributed by atoms with Crippen LogP contribution in [0, 0.1) is 6.92 Å². The second-order valence-electron chi connectivity index (χ2n) is 4.18. The molecule has 16 heavy (non-hydrogen) atoms. The molecule has 80 valence electrons. The SMILES string of the molecule is Cc1cc2c(c(Cl)c1Cl)Cc1ccccc1-2. The Labute approximate surface area is 105 Å². The minimum Gasteiger partial charge on any atom is -0.0824 e. The number of benzene rings is 2. The van der Waals surface area contributed by atoms with Crippen molar-refractivity contribution in [1.82, 2.24) is 0 Å². The molecule has 0 amide bonds. The predicted octanol–water partition coefficient (Wildman–Crippen LogP) is 4.87. The van der Waals surface area contributed by atoms with Crippen LogP contribution in [0.3, 0.4) is 0 Å². The van der Waals surface area contributed by atoms with Crippen molar-refractivity contribution in [2.24, 2.45) is 0 Å². The van der Waals surface area contributed by atoms with Gasteiger partial charge in [-0.3, -0.25) is 0 Å². The minimum atomic E-state index is 0.688. The fraction of sp³-hybridized carbons (Fsp3) is 0.143. The molecule has 2 heteroatoms. The first-order valence-electron chi connectivity index (χ1n) is 5.24. The summed E-state index contributed by atoms with van der Waals surface area (Å²) in [5.74, 6) is 0. The molecule has 0 heterocycles. The monoisotopic (exact) mass is 248 g/mol. The summed E-state index contributed by atoms with van der Waals surface area (Å²) in [6.07, 6.45) is 0.893. The van der Waals surface area contributed by atoms with Crippen LogP contribution in [-0.2, 0) is 6.42 Å². The van der Waals surface area contributed by atoms with Gasteiger partial charge in [-0.2, -0.15) is 0 Å². The molecule has 0 fully saturated rings. The Balaban J connectivity index is 2.34. The summed E-state index contributed by atoms with van der Waals surface area (Å²) < 4.78 is 0. The molecule has 2 aromatic carbocycles. The van der Waals surface area contributed by atoms with Crippen molar-refractivity contribution in [1.29, 1.82) is 0 Å². The van der Waals surface area contributed by atoms with Gasteiger partial charge in [0.05, 0.1) is 10.0 Å². The van der Waals surface area contributed by atoms with Gasteiger partial charge in [-0.25, -0.2) is 0 Å². The molecule has 0 atom stereocenters. The number of halogens is 2. The summed E-state index contributed by atoms with van der Waals surface area (Å²) >= 11 is 12.5. The molecule has 0 aliphatic heterocycles. The van der Waals surface area contributed by atoms with Crippen LogP contribution in [-0.4, -0.2) is 0 Å². The van der Waals surface area contributed by atoms with E-state index in [9.17, 15) is 0 Å². The molecule has 0 nitrogen and oxygen atoms in total. The molecule has 0 saturated heterocycles. The van der Waals surface area contributed by atoms with E-state index in [4.69, 9.17) is 23.2 Å². The smallest absolute Gasteiger partial charge is 0.0636 e. The fourth-order valence-electron chi connectivity index (χ4n) is 2.33. The van der Waals surface area contributed by atoms with Gasteiger partial charge in [-0.15, -0.1) is 0 Å². The van der Waals surface area contributed by atoms with Gasteiger partial charge in [0.25, 0.3) is 0 Å². The molecule has 0 bridgehead atoms. The van der Waals surface area contributed by atoms with Crippen molar-refractivity contribution < 1.29 is 0 Å². The molecule has 0 aromatic heterocycles. The van der Waals surface area contributed by atoms with Gasteiger partial charge in [-0.05, 0) is 40.8 Å². The maximum Gasteiger partial charge on any atom is 0.0636 e. The highest BCUT2D eigenvalue weighted by Gasteiger charge is 2.22. The van der Waals surface area contributed by atoms with E-state index in [-0.39, 0.29) is 0 Å². The zero-order valence-electron chi connectivity index (χ0n) is 8.85. The van der Waals surface area contributed by atoms with Crippen molar-refractivity contribution in [2.45, 2.75) is 13.3 Å². The van der Waals surface area contributed by atoms with Crippen LogP contribution in [0.4, 0.5) is 0 Å². The minimum absolute atomic E-state index is 0.688. The summed E-state index contributed by atoms with van der Waals surface area (Å²) in [5, 5.41) is 1.40.